The van der Waals surface area contributed by atoms with Gasteiger partial charge in [0.05, 0.1) is 0 Å². The van der Waals surface area contributed by atoms with Gasteiger partial charge >= 0.3 is 0 Å². The number of likely N-dealkylation sites (N-methyl/N-ethyl adjacent to an activating group) is 1. The second-order valence-corrected chi connectivity index (χ2v) is 6.70. The van der Waals surface area contributed by atoms with Crippen LogP contribution in [0.15, 0.2) is 55.0 Å². The first-order chi connectivity index (χ1) is 12.6. The van der Waals surface area contributed by atoms with E-state index in [0.29, 0.717) is 11.5 Å². The summed E-state index contributed by atoms with van der Waals surface area (Å²) in [5, 5.41) is 0. The number of carbonyl (C=O) groups is 1. The number of fused-ring (bicyclic) bond motifs is 1. The lowest BCUT2D eigenvalue weighted by molar-refractivity contribution is 0.0710. The molecule has 4 rings (SSSR count). The van der Waals surface area contributed by atoms with Gasteiger partial charge < -0.3 is 4.90 Å². The molecule has 134 valence electrons. The van der Waals surface area contributed by atoms with Crippen LogP contribution in [0.3, 0.4) is 0 Å². The molecule has 7 heteroatoms. The molecule has 0 saturated carbocycles. The van der Waals surface area contributed by atoms with Gasteiger partial charge in [0, 0.05) is 43.8 Å². The van der Waals surface area contributed by atoms with E-state index in [9.17, 15) is 4.79 Å². The summed E-state index contributed by atoms with van der Waals surface area (Å²) in [4.78, 5) is 23.1. The van der Waals surface area contributed by atoms with E-state index in [-0.39, 0.29) is 24.0 Å². The number of aromatic nitrogens is 3. The maximum Gasteiger partial charge on any atom is 0.274 e. The van der Waals surface area contributed by atoms with Gasteiger partial charge in [0.1, 0.15) is 5.69 Å². The first-order valence-corrected chi connectivity index (χ1v) is 8.76. The number of benzene rings is 1. The first kappa shape index (κ1) is 16.7. The van der Waals surface area contributed by atoms with E-state index in [0.717, 1.165) is 6.42 Å². The lowest BCUT2D eigenvalue weighted by Gasteiger charge is -2.28. The van der Waals surface area contributed by atoms with Gasteiger partial charge in [0.25, 0.3) is 5.91 Å². The molecule has 1 saturated heterocycles. The van der Waals surface area contributed by atoms with Crippen molar-refractivity contribution < 1.29 is 4.79 Å². The smallest absolute Gasteiger partial charge is 0.274 e. The average molecular weight is 350 g/mol. The second-order valence-electron chi connectivity index (χ2n) is 6.70. The summed E-state index contributed by atoms with van der Waals surface area (Å²) in [5.41, 5.74) is 8.33. The number of nitrogens with zero attached hydrogens (tertiary/aromatic N) is 4. The quantitative estimate of drug-likeness (QED) is 0.750. The molecule has 1 fully saturated rings. The Balaban J connectivity index is 1.45. The Labute approximate surface area is 152 Å². The average Bonchev–Trinajstić information content (AvgIpc) is 3.34. The number of hydrazine groups is 1. The number of amides is 1. The highest BCUT2D eigenvalue weighted by Crippen LogP contribution is 2.25. The largest absolute Gasteiger partial charge is 0.336 e. The van der Waals surface area contributed by atoms with Gasteiger partial charge in [0.2, 0.25) is 5.78 Å². The van der Waals surface area contributed by atoms with Crippen LogP contribution in [0.25, 0.3) is 5.78 Å². The fourth-order valence-corrected chi connectivity index (χ4v) is 3.37. The van der Waals surface area contributed by atoms with Crippen LogP contribution in [0.5, 0.6) is 0 Å². The third-order valence-electron chi connectivity index (χ3n) is 5.10. The summed E-state index contributed by atoms with van der Waals surface area (Å²) < 4.78 is 1.76. The van der Waals surface area contributed by atoms with Crippen molar-refractivity contribution in [3.05, 3.63) is 66.2 Å². The van der Waals surface area contributed by atoms with E-state index in [2.05, 4.69) is 39.9 Å². The van der Waals surface area contributed by atoms with E-state index in [1.165, 1.54) is 5.56 Å². The molecule has 0 bridgehead atoms. The number of carbonyl (C=O) groups excluding carboxylic acids is 1. The van der Waals surface area contributed by atoms with Crippen molar-refractivity contribution >= 4 is 11.7 Å². The maximum absolute atomic E-state index is 12.8. The Hall–Kier alpha value is -2.77. The van der Waals surface area contributed by atoms with Crippen LogP contribution in [0.2, 0.25) is 0 Å². The summed E-state index contributed by atoms with van der Waals surface area (Å²) in [7, 11) is 1.82. The zero-order valence-electron chi connectivity index (χ0n) is 14.8. The molecule has 0 aliphatic carbocycles. The third-order valence-corrected chi connectivity index (χ3v) is 5.10. The molecule has 2 aromatic heterocycles. The summed E-state index contributed by atoms with van der Waals surface area (Å²) in [6.07, 6.45) is 6.14. The molecule has 1 aliphatic rings. The van der Waals surface area contributed by atoms with Crippen LogP contribution >= 0.6 is 0 Å². The fourth-order valence-electron chi connectivity index (χ4n) is 3.37. The molecular formula is C19H22N6O. The Morgan fingerprint density at radius 3 is 2.85 bits per heavy atom. The third kappa shape index (κ3) is 3.07. The summed E-state index contributed by atoms with van der Waals surface area (Å²) in [6.45, 7) is 2.05. The van der Waals surface area contributed by atoms with Crippen molar-refractivity contribution in [1.29, 1.82) is 0 Å². The van der Waals surface area contributed by atoms with Gasteiger partial charge in [0.15, 0.2) is 0 Å². The Kier molecular flexibility index (Phi) is 4.40. The van der Waals surface area contributed by atoms with Crippen LogP contribution < -0.4 is 10.9 Å². The van der Waals surface area contributed by atoms with Crippen molar-refractivity contribution in [2.24, 2.45) is 0 Å². The van der Waals surface area contributed by atoms with Crippen molar-refractivity contribution in [3.63, 3.8) is 0 Å². The Bertz CT molecular complexity index is 876. The number of hydrogen-bond acceptors (Lipinski definition) is 5. The predicted octanol–water partition coefficient (Wildman–Crippen LogP) is 1.80. The van der Waals surface area contributed by atoms with Gasteiger partial charge in [-0.05, 0) is 25.0 Å². The van der Waals surface area contributed by atoms with Crippen molar-refractivity contribution in [1.82, 2.24) is 30.1 Å². The molecule has 3 unspecified atom stereocenters. The number of imidazole rings is 1. The van der Waals surface area contributed by atoms with Crippen LogP contribution in [-0.2, 0) is 0 Å². The van der Waals surface area contributed by atoms with Gasteiger partial charge in [-0.2, -0.15) is 0 Å². The zero-order chi connectivity index (χ0) is 18.1. The van der Waals surface area contributed by atoms with Crippen molar-refractivity contribution in [3.8, 4) is 0 Å². The molecule has 2 N–H and O–H groups in total. The monoisotopic (exact) mass is 350 g/mol. The molecule has 0 radical (unpaired) electrons. The summed E-state index contributed by atoms with van der Waals surface area (Å²) >= 11 is 0. The number of rotatable bonds is 4. The number of hydrogen-bond donors (Lipinski definition) is 2. The number of nitrogens with one attached hydrogen (secondary N) is 2. The highest BCUT2D eigenvalue weighted by atomic mass is 16.2. The second kappa shape index (κ2) is 6.86. The molecule has 3 atom stereocenters. The van der Waals surface area contributed by atoms with E-state index >= 15 is 0 Å². The standard InChI is InChI=1S/C19H22N6O/c1-13(15-11-16(23-22-15)14-7-4-3-5-8-14)24(2)18(26)17-12-25-10-6-9-20-19(25)21-17/h3-10,12-13,15-16,22-23H,11H2,1-2H3. The predicted molar refractivity (Wildman–Crippen MR) is 98.4 cm³/mol. The minimum absolute atomic E-state index is 0.0153. The minimum atomic E-state index is -0.104. The summed E-state index contributed by atoms with van der Waals surface area (Å²) in [5.74, 6) is 0.426. The fraction of sp³-hybridized carbons (Fsp3) is 0.316. The van der Waals surface area contributed by atoms with Crippen LogP contribution in [0.4, 0.5) is 0 Å². The highest BCUT2D eigenvalue weighted by molar-refractivity contribution is 5.92. The lowest BCUT2D eigenvalue weighted by Crippen LogP contribution is -2.48. The van der Waals surface area contributed by atoms with E-state index in [4.69, 9.17) is 0 Å². The van der Waals surface area contributed by atoms with Crippen LogP contribution in [0.1, 0.15) is 35.4 Å². The Morgan fingerprint density at radius 2 is 2.08 bits per heavy atom. The van der Waals surface area contributed by atoms with Gasteiger partial charge in [-0.1, -0.05) is 30.3 Å². The molecule has 3 aromatic rings. The van der Waals surface area contributed by atoms with E-state index in [1.807, 2.05) is 37.5 Å². The van der Waals surface area contributed by atoms with Crippen molar-refractivity contribution in [2.45, 2.75) is 31.5 Å². The Morgan fingerprint density at radius 1 is 1.27 bits per heavy atom. The normalized spacial score (nSPS) is 21.0. The summed E-state index contributed by atoms with van der Waals surface area (Å²) in [6, 6.07) is 12.6. The topological polar surface area (TPSA) is 74.6 Å². The van der Waals surface area contributed by atoms with Gasteiger partial charge in [-0.15, -0.1) is 0 Å². The molecule has 1 aliphatic heterocycles. The molecule has 1 amide bonds. The first-order valence-electron chi connectivity index (χ1n) is 8.76. The van der Waals surface area contributed by atoms with Gasteiger partial charge in [-0.25, -0.2) is 15.4 Å². The highest BCUT2D eigenvalue weighted by Gasteiger charge is 2.33. The van der Waals surface area contributed by atoms with E-state index < -0.39 is 0 Å². The molecule has 0 spiro atoms. The molecule has 3 heterocycles. The molecule has 26 heavy (non-hydrogen) atoms. The molecular weight excluding hydrogens is 328 g/mol. The van der Waals surface area contributed by atoms with E-state index in [1.54, 1.807) is 21.7 Å². The maximum atomic E-state index is 12.8. The zero-order valence-corrected chi connectivity index (χ0v) is 14.8. The SMILES string of the molecule is CC(C1CC(c2ccccc2)NN1)N(C)C(=O)c1cn2cccnc2n1. The lowest BCUT2D eigenvalue weighted by atomic mass is 9.98. The van der Waals surface area contributed by atoms with Crippen molar-refractivity contribution in [2.75, 3.05) is 7.05 Å². The van der Waals surface area contributed by atoms with Crippen LogP contribution in [0, 0.1) is 0 Å². The molecule has 1 aromatic carbocycles. The van der Waals surface area contributed by atoms with Gasteiger partial charge in [-0.3, -0.25) is 14.6 Å². The minimum Gasteiger partial charge on any atom is -0.336 e. The molecule has 7 nitrogen and oxygen atoms in total. The van der Waals surface area contributed by atoms with Crippen LogP contribution in [-0.4, -0.2) is 44.3 Å².